The normalized spacial score (nSPS) is 7.91. The summed E-state index contributed by atoms with van der Waals surface area (Å²) in [7, 11) is 0. The van der Waals surface area contributed by atoms with Gasteiger partial charge in [-0.25, -0.2) is 0 Å². The van der Waals surface area contributed by atoms with Gasteiger partial charge in [-0.2, -0.15) is 0 Å². The number of unbranched alkanes of at least 4 members (excludes halogenated alkanes) is 4. The maximum absolute atomic E-state index is 9.12. The first-order valence-electron chi connectivity index (χ1n) is 7.29. The zero-order valence-electron chi connectivity index (χ0n) is 13.9. The van der Waals surface area contributed by atoms with Crippen molar-refractivity contribution in [3.05, 3.63) is 0 Å². The SMILES string of the molecule is CCCCCN.CCCCCN.O=C([O-])CCl.O=C([O-])CCl.[Pt+2]. The monoisotopic (exact) mass is 555 g/mol. The molecule has 4 N–H and O–H groups in total. The van der Waals surface area contributed by atoms with Gasteiger partial charge in [-0.1, -0.05) is 39.5 Å². The second-order valence-corrected chi connectivity index (χ2v) is 4.54. The zero-order chi connectivity index (χ0) is 18.2. The van der Waals surface area contributed by atoms with Crippen LogP contribution in [0.3, 0.4) is 0 Å². The fraction of sp³-hybridized carbons (Fsp3) is 0.857. The van der Waals surface area contributed by atoms with Crippen LogP contribution in [0.2, 0.25) is 0 Å². The van der Waals surface area contributed by atoms with Crippen molar-refractivity contribution in [2.45, 2.75) is 52.4 Å². The Bertz CT molecular complexity index is 197. The number of nitrogens with two attached hydrogens (primary N) is 2. The van der Waals surface area contributed by atoms with Crippen LogP contribution in [-0.2, 0) is 30.7 Å². The summed E-state index contributed by atoms with van der Waals surface area (Å²) in [6, 6.07) is 0. The summed E-state index contributed by atoms with van der Waals surface area (Å²) in [6.45, 7) is 6.06. The van der Waals surface area contributed by atoms with E-state index in [0.29, 0.717) is 0 Å². The summed E-state index contributed by atoms with van der Waals surface area (Å²) in [5.74, 6) is -3.29. The molecule has 0 rings (SSSR count). The molecule has 0 fully saturated rings. The molecule has 0 atom stereocenters. The van der Waals surface area contributed by atoms with Crippen molar-refractivity contribution in [3.63, 3.8) is 0 Å². The van der Waals surface area contributed by atoms with Gasteiger partial charge < -0.3 is 31.3 Å². The zero-order valence-corrected chi connectivity index (χ0v) is 17.7. The van der Waals surface area contributed by atoms with Crippen molar-refractivity contribution >= 4 is 35.1 Å². The quantitative estimate of drug-likeness (QED) is 0.325. The Morgan fingerprint density at radius 1 is 0.783 bits per heavy atom. The van der Waals surface area contributed by atoms with Crippen LogP contribution >= 0.6 is 23.2 Å². The first-order valence-corrected chi connectivity index (χ1v) is 8.36. The van der Waals surface area contributed by atoms with Crippen LogP contribution in [-0.4, -0.2) is 36.8 Å². The molecule has 0 aliphatic rings. The number of hydrogen-bond donors (Lipinski definition) is 2. The van der Waals surface area contributed by atoms with E-state index in [2.05, 4.69) is 37.0 Å². The van der Waals surface area contributed by atoms with Gasteiger partial charge in [-0.05, 0) is 25.9 Å². The van der Waals surface area contributed by atoms with E-state index in [1.807, 2.05) is 0 Å². The van der Waals surface area contributed by atoms with E-state index in [4.69, 9.17) is 31.3 Å². The fourth-order valence-corrected chi connectivity index (χ4v) is 0.789. The Labute approximate surface area is 164 Å². The second-order valence-electron chi connectivity index (χ2n) is 4.00. The van der Waals surface area contributed by atoms with E-state index in [1.165, 1.54) is 38.5 Å². The summed E-state index contributed by atoms with van der Waals surface area (Å²) in [4.78, 5) is 18.2. The topological polar surface area (TPSA) is 132 Å². The smallest absolute Gasteiger partial charge is 0.549 e. The van der Waals surface area contributed by atoms with Crippen LogP contribution in [0.1, 0.15) is 52.4 Å². The summed E-state index contributed by atoms with van der Waals surface area (Å²) < 4.78 is 0. The van der Waals surface area contributed by atoms with Crippen LogP contribution < -0.4 is 21.7 Å². The predicted molar refractivity (Wildman–Crippen MR) is 88.6 cm³/mol. The Kier molecular flexibility index (Phi) is 56.9. The number of halogens is 2. The summed E-state index contributed by atoms with van der Waals surface area (Å²) in [5.41, 5.74) is 10.4. The molecule has 0 saturated heterocycles. The number of alkyl halides is 2. The maximum Gasteiger partial charge on any atom is 2.00 e. The van der Waals surface area contributed by atoms with Gasteiger partial charge in [0.15, 0.2) is 0 Å². The molecule has 0 aromatic rings. The predicted octanol–water partition coefficient (Wildman–Crippen LogP) is 0.218. The molecular weight excluding hydrogens is 526 g/mol. The van der Waals surface area contributed by atoms with Crippen LogP contribution in [0.15, 0.2) is 0 Å². The first kappa shape index (κ1) is 34.5. The Morgan fingerprint density at radius 3 is 1.04 bits per heavy atom. The number of carbonyl (C=O) groups excluding carboxylic acids is 2. The van der Waals surface area contributed by atoms with Gasteiger partial charge in [0.1, 0.15) is 0 Å². The van der Waals surface area contributed by atoms with Crippen molar-refractivity contribution in [2.24, 2.45) is 11.5 Å². The molecule has 0 aromatic heterocycles. The minimum atomic E-state index is -1.23. The van der Waals surface area contributed by atoms with Crippen molar-refractivity contribution in [1.82, 2.24) is 0 Å². The average Bonchev–Trinajstić information content (AvgIpc) is 2.52. The molecule has 0 aliphatic carbocycles. The number of aliphatic carboxylic acids is 2. The number of rotatable bonds is 8. The summed E-state index contributed by atoms with van der Waals surface area (Å²) >= 11 is 9.35. The third-order valence-corrected chi connectivity index (χ3v) is 2.27. The van der Waals surface area contributed by atoms with E-state index < -0.39 is 23.7 Å². The van der Waals surface area contributed by atoms with Gasteiger partial charge >= 0.3 is 21.1 Å². The van der Waals surface area contributed by atoms with Gasteiger partial charge in [-0.3, -0.25) is 0 Å². The van der Waals surface area contributed by atoms with Crippen LogP contribution in [0.25, 0.3) is 0 Å². The molecule has 23 heavy (non-hydrogen) atoms. The van der Waals surface area contributed by atoms with Gasteiger partial charge in [0, 0.05) is 0 Å². The van der Waals surface area contributed by atoms with E-state index in [1.54, 1.807) is 0 Å². The van der Waals surface area contributed by atoms with Crippen molar-refractivity contribution in [2.75, 3.05) is 24.8 Å². The van der Waals surface area contributed by atoms with Crippen LogP contribution in [0, 0.1) is 0 Å². The summed E-state index contributed by atoms with van der Waals surface area (Å²) in [5, 5.41) is 18.2. The molecule has 0 bridgehead atoms. The fourth-order valence-electron chi connectivity index (χ4n) is 0.789. The standard InChI is InChI=1S/2C5H13N.2C2H3ClO2.Pt/c2*1-2-3-4-5-6;2*3-1-2(4)5;/h2*2-6H2,1H3;2*1H2,(H,4,5);/q;;;;+2/p-2. The molecule has 0 saturated carbocycles. The van der Waals surface area contributed by atoms with E-state index in [0.717, 1.165) is 13.1 Å². The molecule has 0 spiro atoms. The number of hydrogen-bond acceptors (Lipinski definition) is 6. The van der Waals surface area contributed by atoms with Crippen molar-refractivity contribution < 1.29 is 40.9 Å². The van der Waals surface area contributed by atoms with E-state index in [-0.39, 0.29) is 21.1 Å². The number of carboxylic acid groups (broad SMARTS) is 2. The van der Waals surface area contributed by atoms with Crippen LogP contribution in [0.5, 0.6) is 0 Å². The maximum atomic E-state index is 9.12. The third-order valence-electron chi connectivity index (χ3n) is 1.83. The van der Waals surface area contributed by atoms with Gasteiger partial charge in [0.05, 0.1) is 23.7 Å². The molecule has 0 heterocycles. The first-order chi connectivity index (χ1) is 10.4. The van der Waals surface area contributed by atoms with E-state index >= 15 is 0 Å². The number of carboxylic acids is 2. The summed E-state index contributed by atoms with van der Waals surface area (Å²) in [6.07, 6.45) is 7.51. The minimum absolute atomic E-state index is 0. The Morgan fingerprint density at radius 2 is 1.00 bits per heavy atom. The third kappa shape index (κ3) is 87.4. The van der Waals surface area contributed by atoms with Gasteiger partial charge in [-0.15, -0.1) is 23.2 Å². The Hall–Kier alpha value is 0.128. The largest absolute Gasteiger partial charge is 2.00 e. The molecule has 0 amide bonds. The Balaban J connectivity index is -0.0000000620. The molecule has 6 nitrogen and oxygen atoms in total. The molecule has 0 unspecified atom stereocenters. The molecular formula is C14H30Cl2N2O4Pt. The molecule has 144 valence electrons. The van der Waals surface area contributed by atoms with Crippen molar-refractivity contribution in [3.8, 4) is 0 Å². The van der Waals surface area contributed by atoms with Gasteiger partial charge in [0.2, 0.25) is 0 Å². The average molecular weight is 556 g/mol. The van der Waals surface area contributed by atoms with Gasteiger partial charge in [0.25, 0.3) is 0 Å². The molecule has 9 heteroatoms. The molecule has 0 aromatic carbocycles. The minimum Gasteiger partial charge on any atom is -0.549 e. The molecule has 0 aliphatic heterocycles. The van der Waals surface area contributed by atoms with Crippen molar-refractivity contribution in [1.29, 1.82) is 0 Å². The molecule has 0 radical (unpaired) electrons. The van der Waals surface area contributed by atoms with Crippen LogP contribution in [0.4, 0.5) is 0 Å². The number of carbonyl (C=O) groups is 2. The second kappa shape index (κ2) is 38.0. The van der Waals surface area contributed by atoms with E-state index in [9.17, 15) is 0 Å².